The molecule has 0 saturated carbocycles. The molecule has 5 aromatic heterocycles. The fourth-order valence-corrected chi connectivity index (χ4v) is 5.35. The highest BCUT2D eigenvalue weighted by atomic mass is 32.1. The summed E-state index contributed by atoms with van der Waals surface area (Å²) in [4.78, 5) is 26.5. The molecule has 1 aromatic carbocycles. The van der Waals surface area contributed by atoms with E-state index in [1.807, 2.05) is 42.7 Å². The summed E-state index contributed by atoms with van der Waals surface area (Å²) in [6, 6.07) is 18.3. The van der Waals surface area contributed by atoms with Gasteiger partial charge in [-0.3, -0.25) is 14.9 Å². The number of carbonyl (C=O) groups excluding carboxylic acids is 1. The molecule has 0 bridgehead atoms. The molecule has 3 N–H and O–H groups in total. The lowest BCUT2D eigenvalue weighted by Gasteiger charge is -2.05. The van der Waals surface area contributed by atoms with Crippen LogP contribution in [0.4, 0.5) is 0 Å². The zero-order chi connectivity index (χ0) is 24.6. The molecule has 178 valence electrons. The molecule has 0 aliphatic rings. The van der Waals surface area contributed by atoms with Gasteiger partial charge in [-0.25, -0.2) is 4.98 Å². The molecule has 0 radical (unpaired) electrons. The average Bonchev–Trinajstić information content (AvgIpc) is 3.64. The van der Waals surface area contributed by atoms with Crippen molar-refractivity contribution in [2.45, 2.75) is 20.4 Å². The second kappa shape index (κ2) is 9.14. The third kappa shape index (κ3) is 4.00. The third-order valence-electron chi connectivity index (χ3n) is 6.22. The van der Waals surface area contributed by atoms with Gasteiger partial charge in [-0.1, -0.05) is 19.1 Å². The van der Waals surface area contributed by atoms with Crippen LogP contribution in [0.25, 0.3) is 55.0 Å². The minimum atomic E-state index is 0.0837. The lowest BCUT2D eigenvalue weighted by molar-refractivity contribution is 0.102. The molecule has 7 nitrogen and oxygen atoms in total. The molecule has 5 heterocycles. The van der Waals surface area contributed by atoms with Gasteiger partial charge in [-0.05, 0) is 61.5 Å². The first-order valence-corrected chi connectivity index (χ1v) is 12.7. The van der Waals surface area contributed by atoms with Crippen LogP contribution in [0.2, 0.25) is 0 Å². The lowest BCUT2D eigenvalue weighted by Crippen LogP contribution is -2.11. The van der Waals surface area contributed by atoms with E-state index in [9.17, 15) is 4.79 Å². The molecule has 0 atom stereocenters. The van der Waals surface area contributed by atoms with Crippen molar-refractivity contribution in [3.8, 4) is 33.1 Å². The summed E-state index contributed by atoms with van der Waals surface area (Å²) < 4.78 is 0. The van der Waals surface area contributed by atoms with Gasteiger partial charge in [0.1, 0.15) is 11.2 Å². The topological polar surface area (TPSA) is 99.4 Å². The Morgan fingerprint density at radius 2 is 1.97 bits per heavy atom. The van der Waals surface area contributed by atoms with Crippen molar-refractivity contribution in [2.24, 2.45) is 0 Å². The van der Waals surface area contributed by atoms with E-state index in [1.165, 1.54) is 11.3 Å². The molecule has 8 heteroatoms. The smallest absolute Gasteiger partial charge is 0.169 e. The average molecular weight is 493 g/mol. The number of fused-ring (bicyclic) bond motifs is 2. The highest BCUT2D eigenvalue weighted by Gasteiger charge is 2.16. The standard InChI is InChI=1S/C28H24N6OS/c1-3-29-13-17-11-18(15-30-14-17)21-7-8-23-27(32-21)28(34-33-23)24-12-20-19(5-4-6-22(20)31-24)26-10-9-25(36-26)16(2)35/h4-12,14-15,29,31H,3,13H2,1-2H3,(H,33,34). The zero-order valence-electron chi connectivity index (χ0n) is 19.9. The molecule has 36 heavy (non-hydrogen) atoms. The van der Waals surface area contributed by atoms with Gasteiger partial charge in [0.2, 0.25) is 0 Å². The normalized spacial score (nSPS) is 11.5. The summed E-state index contributed by atoms with van der Waals surface area (Å²) in [5, 5.41) is 12.1. The van der Waals surface area contributed by atoms with Crippen LogP contribution in [-0.4, -0.2) is 37.5 Å². The highest BCUT2D eigenvalue weighted by molar-refractivity contribution is 7.17. The van der Waals surface area contributed by atoms with Crippen LogP contribution >= 0.6 is 11.3 Å². The van der Waals surface area contributed by atoms with Crippen molar-refractivity contribution in [1.82, 2.24) is 30.5 Å². The number of pyridine rings is 2. The molecule has 0 aliphatic heterocycles. The van der Waals surface area contributed by atoms with Gasteiger partial charge in [0, 0.05) is 45.8 Å². The van der Waals surface area contributed by atoms with Crippen LogP contribution in [-0.2, 0) is 6.54 Å². The number of aromatic amines is 2. The Bertz CT molecular complexity index is 1730. The minimum Gasteiger partial charge on any atom is -0.353 e. The Kier molecular flexibility index (Phi) is 5.67. The number of thiophene rings is 1. The lowest BCUT2D eigenvalue weighted by atomic mass is 10.1. The number of hydrogen-bond acceptors (Lipinski definition) is 6. The predicted octanol–water partition coefficient (Wildman–Crippen LogP) is 6.21. The number of ketones is 1. The van der Waals surface area contributed by atoms with Crippen molar-refractivity contribution in [2.75, 3.05) is 6.54 Å². The third-order valence-corrected chi connectivity index (χ3v) is 7.43. The Morgan fingerprint density at radius 3 is 2.81 bits per heavy atom. The molecule has 0 amide bonds. The molecule has 6 aromatic rings. The maximum Gasteiger partial charge on any atom is 0.169 e. The summed E-state index contributed by atoms with van der Waals surface area (Å²) in [7, 11) is 0. The number of rotatable bonds is 7. The Balaban J connectivity index is 1.42. The van der Waals surface area contributed by atoms with Crippen LogP contribution in [0.5, 0.6) is 0 Å². The van der Waals surface area contributed by atoms with Gasteiger partial charge in [0.25, 0.3) is 0 Å². The van der Waals surface area contributed by atoms with Crippen LogP contribution in [0.1, 0.15) is 29.1 Å². The Hall–Kier alpha value is -4.14. The summed E-state index contributed by atoms with van der Waals surface area (Å²) >= 11 is 1.52. The van der Waals surface area contributed by atoms with Crippen molar-refractivity contribution >= 4 is 39.1 Å². The SMILES string of the molecule is CCNCc1cncc(-c2ccc3[nH]nc(-c4cc5c(-c6ccc(C(C)=O)s6)cccc5[nH]4)c3n2)c1. The fraction of sp³-hybridized carbons (Fsp3) is 0.143. The van der Waals surface area contributed by atoms with Gasteiger partial charge in [-0.2, -0.15) is 5.10 Å². The maximum absolute atomic E-state index is 11.8. The Morgan fingerprint density at radius 1 is 1.06 bits per heavy atom. The summed E-state index contributed by atoms with van der Waals surface area (Å²) in [6.07, 6.45) is 3.72. The summed E-state index contributed by atoms with van der Waals surface area (Å²) in [6.45, 7) is 5.36. The molecule has 0 spiro atoms. The predicted molar refractivity (Wildman–Crippen MR) is 145 cm³/mol. The number of nitrogens with one attached hydrogen (secondary N) is 3. The monoisotopic (exact) mass is 492 g/mol. The van der Waals surface area contributed by atoms with Crippen molar-refractivity contribution in [3.05, 3.63) is 77.4 Å². The quantitative estimate of drug-likeness (QED) is 0.230. The second-order valence-corrected chi connectivity index (χ2v) is 9.78. The van der Waals surface area contributed by atoms with Crippen molar-refractivity contribution in [1.29, 1.82) is 0 Å². The number of carbonyl (C=O) groups is 1. The van der Waals surface area contributed by atoms with Crippen LogP contribution in [0.3, 0.4) is 0 Å². The summed E-state index contributed by atoms with van der Waals surface area (Å²) in [5.74, 6) is 0.0837. The van der Waals surface area contributed by atoms with E-state index in [-0.39, 0.29) is 5.78 Å². The first kappa shape index (κ1) is 22.3. The Labute approximate surface area is 211 Å². The highest BCUT2D eigenvalue weighted by Crippen LogP contribution is 2.37. The molecule has 6 rings (SSSR count). The molecule has 0 saturated heterocycles. The van der Waals surface area contributed by atoms with E-state index in [0.717, 1.165) is 78.6 Å². The van der Waals surface area contributed by atoms with E-state index in [4.69, 9.17) is 4.98 Å². The fourth-order valence-electron chi connectivity index (χ4n) is 4.41. The number of hydrogen-bond donors (Lipinski definition) is 3. The minimum absolute atomic E-state index is 0.0837. The van der Waals surface area contributed by atoms with E-state index < -0.39 is 0 Å². The molecular formula is C28H24N6OS. The van der Waals surface area contributed by atoms with Gasteiger partial charge in [-0.15, -0.1) is 11.3 Å². The number of benzene rings is 1. The van der Waals surface area contributed by atoms with E-state index in [0.29, 0.717) is 0 Å². The van der Waals surface area contributed by atoms with Gasteiger partial charge >= 0.3 is 0 Å². The first-order valence-electron chi connectivity index (χ1n) is 11.8. The van der Waals surface area contributed by atoms with E-state index in [2.05, 4.69) is 56.7 Å². The number of Topliss-reactive ketones (excluding diaryl/α,β-unsaturated/α-hetero) is 1. The zero-order valence-corrected chi connectivity index (χ0v) is 20.7. The van der Waals surface area contributed by atoms with Crippen LogP contribution in [0, 0.1) is 0 Å². The number of nitrogens with zero attached hydrogens (tertiary/aromatic N) is 3. The summed E-state index contributed by atoms with van der Waals surface area (Å²) in [5.41, 5.74) is 8.35. The van der Waals surface area contributed by atoms with E-state index >= 15 is 0 Å². The van der Waals surface area contributed by atoms with Gasteiger partial charge in [0.15, 0.2) is 5.78 Å². The molecule has 0 unspecified atom stereocenters. The maximum atomic E-state index is 11.8. The van der Waals surface area contributed by atoms with Gasteiger partial charge in [0.05, 0.1) is 21.8 Å². The van der Waals surface area contributed by atoms with Crippen LogP contribution in [0.15, 0.2) is 67.0 Å². The van der Waals surface area contributed by atoms with Crippen molar-refractivity contribution in [3.63, 3.8) is 0 Å². The molecule has 0 fully saturated rings. The van der Waals surface area contributed by atoms with Crippen molar-refractivity contribution < 1.29 is 4.79 Å². The first-order chi connectivity index (χ1) is 17.6. The molecular weight excluding hydrogens is 468 g/mol. The van der Waals surface area contributed by atoms with Gasteiger partial charge < -0.3 is 10.3 Å². The van der Waals surface area contributed by atoms with E-state index in [1.54, 1.807) is 6.92 Å². The number of aromatic nitrogens is 5. The second-order valence-electron chi connectivity index (χ2n) is 8.70. The largest absolute Gasteiger partial charge is 0.353 e. The molecule has 0 aliphatic carbocycles. The van der Waals surface area contributed by atoms with Crippen LogP contribution < -0.4 is 5.32 Å². The number of H-pyrrole nitrogens is 2.